The standard InChI is InChI=1S/C25H36N2O3/c1-6-12-24(29)13-14-25(7-2)20(18-24)9-8-19-17-21(10-11-22(19)25)30-23(28)27(5)16-15-26(3)4/h10-11,17,20,29H,7-9,13-16,18H2,1-5H3/t20-,24-,25+/m1/s1. The van der Waals surface area contributed by atoms with Gasteiger partial charge >= 0.3 is 6.09 Å². The van der Waals surface area contributed by atoms with Crippen molar-refractivity contribution < 1.29 is 14.6 Å². The van der Waals surface area contributed by atoms with E-state index in [-0.39, 0.29) is 11.5 Å². The van der Waals surface area contributed by atoms with Gasteiger partial charge in [-0.1, -0.05) is 18.9 Å². The van der Waals surface area contributed by atoms with Gasteiger partial charge in [0.15, 0.2) is 0 Å². The lowest BCUT2D eigenvalue weighted by Gasteiger charge is -2.52. The summed E-state index contributed by atoms with van der Waals surface area (Å²) in [5.41, 5.74) is 1.89. The highest BCUT2D eigenvalue weighted by atomic mass is 16.6. The molecule has 5 nitrogen and oxygen atoms in total. The fourth-order valence-electron chi connectivity index (χ4n) is 5.35. The van der Waals surface area contributed by atoms with Crippen molar-refractivity contribution in [2.24, 2.45) is 5.92 Å². The SMILES string of the molecule is CC#C[C@@]1(O)CC[C@]2(CC)c3ccc(OC(=O)N(C)CCN(C)C)cc3CC[C@@H]2C1. The van der Waals surface area contributed by atoms with E-state index in [0.29, 0.717) is 24.6 Å². The highest BCUT2D eigenvalue weighted by molar-refractivity contribution is 5.70. The molecule has 2 aliphatic rings. The maximum Gasteiger partial charge on any atom is 0.415 e. The third kappa shape index (κ3) is 4.50. The summed E-state index contributed by atoms with van der Waals surface area (Å²) < 4.78 is 5.65. The molecular formula is C25H36N2O3. The molecule has 1 saturated carbocycles. The summed E-state index contributed by atoms with van der Waals surface area (Å²) in [6.45, 7) is 5.48. The number of benzene rings is 1. The summed E-state index contributed by atoms with van der Waals surface area (Å²) in [6, 6.07) is 6.14. The van der Waals surface area contributed by atoms with Crippen molar-refractivity contribution in [3.63, 3.8) is 0 Å². The van der Waals surface area contributed by atoms with Gasteiger partial charge in [0.25, 0.3) is 0 Å². The number of amides is 1. The molecule has 0 saturated heterocycles. The lowest BCUT2D eigenvalue weighted by atomic mass is 9.53. The molecule has 1 fully saturated rings. The van der Waals surface area contributed by atoms with Crippen LogP contribution in [0, 0.1) is 17.8 Å². The van der Waals surface area contributed by atoms with Crippen LogP contribution in [0.1, 0.15) is 57.1 Å². The van der Waals surface area contributed by atoms with E-state index in [9.17, 15) is 9.90 Å². The first-order chi connectivity index (χ1) is 14.2. The quantitative estimate of drug-likeness (QED) is 0.747. The Kier molecular flexibility index (Phi) is 6.79. The molecule has 0 spiro atoms. The topological polar surface area (TPSA) is 53.0 Å². The van der Waals surface area contributed by atoms with Gasteiger partial charge in [-0.2, -0.15) is 0 Å². The monoisotopic (exact) mass is 412 g/mol. The predicted molar refractivity (Wildman–Crippen MR) is 120 cm³/mol. The first kappa shape index (κ1) is 22.7. The lowest BCUT2D eigenvalue weighted by molar-refractivity contribution is -0.00925. The smallest absolute Gasteiger partial charge is 0.410 e. The Morgan fingerprint density at radius 3 is 2.70 bits per heavy atom. The molecule has 30 heavy (non-hydrogen) atoms. The minimum absolute atomic E-state index is 0.0836. The molecule has 1 amide bonds. The van der Waals surface area contributed by atoms with Gasteiger partial charge in [-0.25, -0.2) is 4.79 Å². The van der Waals surface area contributed by atoms with E-state index in [1.54, 1.807) is 18.9 Å². The fraction of sp³-hybridized carbons (Fsp3) is 0.640. The van der Waals surface area contributed by atoms with Crippen molar-refractivity contribution in [1.29, 1.82) is 0 Å². The van der Waals surface area contributed by atoms with Crippen LogP contribution < -0.4 is 4.74 Å². The van der Waals surface area contributed by atoms with Crippen LogP contribution in [-0.4, -0.2) is 60.8 Å². The van der Waals surface area contributed by atoms with Crippen LogP contribution >= 0.6 is 0 Å². The maximum absolute atomic E-state index is 12.4. The lowest BCUT2D eigenvalue weighted by Crippen LogP contribution is -2.49. The molecule has 164 valence electrons. The number of carbonyl (C=O) groups is 1. The summed E-state index contributed by atoms with van der Waals surface area (Å²) in [4.78, 5) is 16.1. The number of rotatable bonds is 5. The molecule has 0 aliphatic heterocycles. The molecular weight excluding hydrogens is 376 g/mol. The number of hydrogen-bond acceptors (Lipinski definition) is 4. The van der Waals surface area contributed by atoms with E-state index in [0.717, 1.165) is 38.6 Å². The average Bonchev–Trinajstić information content (AvgIpc) is 2.71. The zero-order chi connectivity index (χ0) is 21.9. The van der Waals surface area contributed by atoms with E-state index in [2.05, 4.69) is 24.8 Å². The third-order valence-electron chi connectivity index (χ3n) is 7.11. The second-order valence-electron chi connectivity index (χ2n) is 9.27. The molecule has 5 heteroatoms. The maximum atomic E-state index is 12.4. The van der Waals surface area contributed by atoms with Crippen molar-refractivity contribution in [3.05, 3.63) is 29.3 Å². The van der Waals surface area contributed by atoms with Gasteiger partial charge in [0.1, 0.15) is 11.4 Å². The third-order valence-corrected chi connectivity index (χ3v) is 7.11. The van der Waals surface area contributed by atoms with Crippen LogP contribution in [0.5, 0.6) is 5.75 Å². The Labute approximate surface area is 181 Å². The van der Waals surface area contributed by atoms with Crippen LogP contribution in [0.15, 0.2) is 18.2 Å². The summed E-state index contributed by atoms with van der Waals surface area (Å²) in [5.74, 6) is 7.02. The van der Waals surface area contributed by atoms with Crippen LogP contribution in [-0.2, 0) is 11.8 Å². The van der Waals surface area contributed by atoms with Gasteiger partial charge in [-0.05, 0) is 94.1 Å². The molecule has 0 aromatic heterocycles. The largest absolute Gasteiger partial charge is 0.415 e. The molecule has 0 heterocycles. The van der Waals surface area contributed by atoms with E-state index in [1.807, 2.05) is 31.1 Å². The number of ether oxygens (including phenoxy) is 1. The molecule has 3 atom stereocenters. The molecule has 0 bridgehead atoms. The molecule has 2 aliphatic carbocycles. The van der Waals surface area contributed by atoms with Crippen molar-refractivity contribution in [2.45, 2.75) is 63.4 Å². The van der Waals surface area contributed by atoms with Crippen molar-refractivity contribution in [2.75, 3.05) is 34.2 Å². The molecule has 0 unspecified atom stereocenters. The van der Waals surface area contributed by atoms with Gasteiger partial charge in [-0.3, -0.25) is 0 Å². The van der Waals surface area contributed by atoms with Gasteiger partial charge in [0.05, 0.1) is 0 Å². The zero-order valence-electron chi connectivity index (χ0n) is 19.1. The van der Waals surface area contributed by atoms with Crippen molar-refractivity contribution in [1.82, 2.24) is 9.80 Å². The summed E-state index contributed by atoms with van der Waals surface area (Å²) in [7, 11) is 5.74. The van der Waals surface area contributed by atoms with Crippen LogP contribution in [0.4, 0.5) is 4.79 Å². The summed E-state index contributed by atoms with van der Waals surface area (Å²) in [5, 5.41) is 10.9. The Morgan fingerprint density at radius 2 is 2.03 bits per heavy atom. The summed E-state index contributed by atoms with van der Waals surface area (Å²) in [6.07, 6.45) is 5.11. The Balaban J connectivity index is 1.78. The van der Waals surface area contributed by atoms with Crippen molar-refractivity contribution in [3.8, 4) is 17.6 Å². The Hall–Kier alpha value is -2.03. The van der Waals surface area contributed by atoms with E-state index in [4.69, 9.17) is 4.74 Å². The highest BCUT2D eigenvalue weighted by Crippen LogP contribution is 2.54. The van der Waals surface area contributed by atoms with Gasteiger partial charge in [-0.15, -0.1) is 5.92 Å². The number of carbonyl (C=O) groups excluding carboxylic acids is 1. The molecule has 1 N–H and O–H groups in total. The predicted octanol–water partition coefficient (Wildman–Crippen LogP) is 3.83. The van der Waals surface area contributed by atoms with Gasteiger partial charge in [0, 0.05) is 20.1 Å². The highest BCUT2D eigenvalue weighted by Gasteiger charge is 2.50. The fourth-order valence-corrected chi connectivity index (χ4v) is 5.35. The minimum atomic E-state index is -0.845. The first-order valence-electron chi connectivity index (χ1n) is 11.1. The van der Waals surface area contributed by atoms with Crippen LogP contribution in [0.3, 0.4) is 0 Å². The van der Waals surface area contributed by atoms with E-state index < -0.39 is 5.60 Å². The first-order valence-corrected chi connectivity index (χ1v) is 11.1. The number of aryl methyl sites for hydroxylation is 1. The van der Waals surface area contributed by atoms with E-state index >= 15 is 0 Å². The second kappa shape index (κ2) is 8.99. The number of likely N-dealkylation sites (N-methyl/N-ethyl adjacent to an activating group) is 2. The van der Waals surface area contributed by atoms with E-state index in [1.165, 1.54) is 11.1 Å². The molecule has 3 rings (SSSR count). The van der Waals surface area contributed by atoms with Gasteiger partial charge < -0.3 is 19.6 Å². The van der Waals surface area contributed by atoms with Gasteiger partial charge in [0.2, 0.25) is 0 Å². The molecule has 1 aromatic carbocycles. The Morgan fingerprint density at radius 1 is 1.27 bits per heavy atom. The summed E-state index contributed by atoms with van der Waals surface area (Å²) >= 11 is 0. The number of aliphatic hydroxyl groups is 1. The number of fused-ring (bicyclic) bond motifs is 3. The molecule has 1 aromatic rings. The van der Waals surface area contributed by atoms with Crippen LogP contribution in [0.25, 0.3) is 0 Å². The minimum Gasteiger partial charge on any atom is -0.410 e. The van der Waals surface area contributed by atoms with Crippen molar-refractivity contribution >= 4 is 6.09 Å². The number of nitrogens with zero attached hydrogens (tertiary/aromatic N) is 2. The normalized spacial score (nSPS) is 27.5. The van der Waals surface area contributed by atoms with Crippen LogP contribution in [0.2, 0.25) is 0 Å². The second-order valence-corrected chi connectivity index (χ2v) is 9.27. The molecule has 0 radical (unpaired) electrons. The number of hydrogen-bond donors (Lipinski definition) is 1. The Bertz CT molecular complexity index is 841. The average molecular weight is 413 g/mol. The zero-order valence-corrected chi connectivity index (χ0v) is 19.1.